The van der Waals surface area contributed by atoms with Crippen LogP contribution in [0.2, 0.25) is 0 Å². The number of nitrogens with zero attached hydrogens (tertiary/aromatic N) is 2. The van der Waals surface area contributed by atoms with Crippen molar-refractivity contribution < 1.29 is 28.6 Å². The van der Waals surface area contributed by atoms with Gasteiger partial charge in [-0.25, -0.2) is 14.4 Å². The maximum absolute atomic E-state index is 12.6. The highest BCUT2D eigenvalue weighted by Crippen LogP contribution is 2.26. The van der Waals surface area contributed by atoms with Crippen LogP contribution in [0.15, 0.2) is 18.2 Å². The summed E-state index contributed by atoms with van der Waals surface area (Å²) in [6, 6.07) is 4.51. The van der Waals surface area contributed by atoms with Crippen LogP contribution < -0.4 is 5.32 Å². The molecule has 28 heavy (non-hydrogen) atoms. The number of hydrogen-bond donors (Lipinski definition) is 1. The lowest BCUT2D eigenvalue weighted by atomic mass is 10.1. The van der Waals surface area contributed by atoms with Crippen molar-refractivity contribution in [1.29, 1.82) is 0 Å². The van der Waals surface area contributed by atoms with Gasteiger partial charge in [-0.3, -0.25) is 5.32 Å². The van der Waals surface area contributed by atoms with Crippen LogP contribution in [0, 0.1) is 0 Å². The highest BCUT2D eigenvalue weighted by atomic mass is 16.6. The average molecular weight is 391 g/mol. The summed E-state index contributed by atoms with van der Waals surface area (Å²) in [6.45, 7) is 10.3. The molecule has 2 aromatic rings. The second-order valence-corrected chi connectivity index (χ2v) is 8.09. The van der Waals surface area contributed by atoms with Gasteiger partial charge >= 0.3 is 18.2 Å². The van der Waals surface area contributed by atoms with Crippen molar-refractivity contribution in [3.05, 3.63) is 23.8 Å². The topological polar surface area (TPSA) is 109 Å². The molecule has 1 aromatic heterocycles. The van der Waals surface area contributed by atoms with Crippen LogP contribution in [0.25, 0.3) is 10.9 Å². The van der Waals surface area contributed by atoms with Gasteiger partial charge in [0.05, 0.1) is 18.2 Å². The van der Waals surface area contributed by atoms with Crippen LogP contribution in [-0.4, -0.2) is 46.2 Å². The van der Waals surface area contributed by atoms with Gasteiger partial charge in [0.1, 0.15) is 11.2 Å². The number of nitrogens with one attached hydrogen (secondary N) is 1. The SMILES string of the molecule is COC(=O)c1ccc2c(NC(=O)OC(C)(C)C)nn(C(=O)OC(C)(C)C)c2c1. The number of rotatable bonds is 2. The number of carbonyl (C=O) groups is 3. The van der Waals surface area contributed by atoms with E-state index in [1.807, 2.05) is 0 Å². The van der Waals surface area contributed by atoms with Gasteiger partial charge in [-0.1, -0.05) is 0 Å². The zero-order chi connectivity index (χ0) is 21.3. The summed E-state index contributed by atoms with van der Waals surface area (Å²) in [7, 11) is 1.26. The summed E-state index contributed by atoms with van der Waals surface area (Å²) >= 11 is 0. The van der Waals surface area contributed by atoms with Crippen molar-refractivity contribution in [2.24, 2.45) is 0 Å². The molecule has 2 rings (SSSR count). The van der Waals surface area contributed by atoms with Gasteiger partial charge in [0.2, 0.25) is 0 Å². The molecule has 0 saturated heterocycles. The van der Waals surface area contributed by atoms with Crippen LogP contribution >= 0.6 is 0 Å². The first kappa shape index (κ1) is 21.2. The standard InChI is InChI=1S/C19H25N3O6/c1-18(2,3)27-16(24)20-14-12-9-8-11(15(23)26-7)10-13(12)22(21-14)17(25)28-19(4,5)6/h8-10H,1-7H3,(H,20,21,24). The summed E-state index contributed by atoms with van der Waals surface area (Å²) in [5, 5.41) is 7.11. The number of benzene rings is 1. The van der Waals surface area contributed by atoms with Gasteiger partial charge in [-0.2, -0.15) is 4.68 Å². The molecule has 0 atom stereocenters. The number of esters is 1. The minimum atomic E-state index is -0.756. The fraction of sp³-hybridized carbons (Fsp3) is 0.474. The van der Waals surface area contributed by atoms with Crippen LogP contribution in [0.3, 0.4) is 0 Å². The Morgan fingerprint density at radius 2 is 1.61 bits per heavy atom. The first-order valence-electron chi connectivity index (χ1n) is 8.65. The summed E-state index contributed by atoms with van der Waals surface area (Å²) in [6.07, 6.45) is -1.47. The molecular weight excluding hydrogens is 366 g/mol. The molecule has 1 amide bonds. The number of methoxy groups -OCH3 is 1. The fourth-order valence-electron chi connectivity index (χ4n) is 2.30. The number of ether oxygens (including phenoxy) is 3. The molecule has 1 N–H and O–H groups in total. The molecule has 9 heteroatoms. The van der Waals surface area contributed by atoms with Crippen molar-refractivity contribution in [2.75, 3.05) is 12.4 Å². The van der Waals surface area contributed by atoms with E-state index in [0.29, 0.717) is 5.39 Å². The van der Waals surface area contributed by atoms with Crippen molar-refractivity contribution in [1.82, 2.24) is 9.78 Å². The number of anilines is 1. The van der Waals surface area contributed by atoms with Gasteiger partial charge in [0, 0.05) is 5.39 Å². The average Bonchev–Trinajstić information content (AvgIpc) is 2.88. The van der Waals surface area contributed by atoms with Gasteiger partial charge in [-0.15, -0.1) is 5.10 Å². The Morgan fingerprint density at radius 3 is 2.14 bits per heavy atom. The van der Waals surface area contributed by atoms with Crippen LogP contribution in [0.5, 0.6) is 0 Å². The molecular formula is C19H25N3O6. The Bertz CT molecular complexity index is 918. The summed E-state index contributed by atoms with van der Waals surface area (Å²) < 4.78 is 16.3. The Hall–Kier alpha value is -3.10. The molecule has 1 aromatic carbocycles. The van der Waals surface area contributed by atoms with E-state index in [2.05, 4.69) is 10.4 Å². The monoisotopic (exact) mass is 391 g/mol. The number of carbonyl (C=O) groups excluding carboxylic acids is 3. The Balaban J connectivity index is 2.52. The lowest BCUT2D eigenvalue weighted by molar-refractivity contribution is 0.0518. The Kier molecular flexibility index (Phi) is 5.67. The first-order chi connectivity index (χ1) is 12.8. The van der Waals surface area contributed by atoms with E-state index in [9.17, 15) is 14.4 Å². The lowest BCUT2D eigenvalue weighted by Gasteiger charge is -2.19. The molecule has 0 unspecified atom stereocenters. The van der Waals surface area contributed by atoms with Gasteiger partial charge in [-0.05, 0) is 59.7 Å². The maximum Gasteiger partial charge on any atom is 0.435 e. The molecule has 1 heterocycles. The van der Waals surface area contributed by atoms with Gasteiger partial charge in [0.15, 0.2) is 5.82 Å². The van der Waals surface area contributed by atoms with E-state index in [1.54, 1.807) is 47.6 Å². The van der Waals surface area contributed by atoms with E-state index < -0.39 is 29.4 Å². The minimum Gasteiger partial charge on any atom is -0.465 e. The second-order valence-electron chi connectivity index (χ2n) is 8.09. The third-order valence-corrected chi connectivity index (χ3v) is 3.29. The predicted molar refractivity (Wildman–Crippen MR) is 103 cm³/mol. The van der Waals surface area contributed by atoms with Crippen LogP contribution in [-0.2, 0) is 14.2 Å². The number of fused-ring (bicyclic) bond motifs is 1. The number of aromatic nitrogens is 2. The third kappa shape index (κ3) is 5.21. The van der Waals surface area contributed by atoms with E-state index >= 15 is 0 Å². The van der Waals surface area contributed by atoms with E-state index in [-0.39, 0.29) is 16.9 Å². The maximum atomic E-state index is 12.6. The second kappa shape index (κ2) is 7.49. The van der Waals surface area contributed by atoms with Crippen molar-refractivity contribution in [3.8, 4) is 0 Å². The molecule has 0 spiro atoms. The highest BCUT2D eigenvalue weighted by Gasteiger charge is 2.25. The third-order valence-electron chi connectivity index (χ3n) is 3.29. The Morgan fingerprint density at radius 1 is 1.00 bits per heavy atom. The highest BCUT2D eigenvalue weighted by molar-refractivity contribution is 6.03. The molecule has 0 bridgehead atoms. The fourth-order valence-corrected chi connectivity index (χ4v) is 2.30. The molecule has 0 aliphatic heterocycles. The quantitative estimate of drug-likeness (QED) is 0.610. The smallest absolute Gasteiger partial charge is 0.435 e. The summed E-state index contributed by atoms with van der Waals surface area (Å²) in [5.74, 6) is -0.466. The van der Waals surface area contributed by atoms with E-state index in [0.717, 1.165) is 4.68 Å². The molecule has 0 radical (unpaired) electrons. The molecule has 0 saturated carbocycles. The molecule has 9 nitrogen and oxygen atoms in total. The van der Waals surface area contributed by atoms with Gasteiger partial charge < -0.3 is 14.2 Å². The van der Waals surface area contributed by atoms with Crippen molar-refractivity contribution >= 4 is 34.9 Å². The zero-order valence-corrected chi connectivity index (χ0v) is 17.1. The van der Waals surface area contributed by atoms with Gasteiger partial charge in [0.25, 0.3) is 0 Å². The lowest BCUT2D eigenvalue weighted by Crippen LogP contribution is -2.28. The zero-order valence-electron chi connectivity index (χ0n) is 17.1. The largest absolute Gasteiger partial charge is 0.465 e. The van der Waals surface area contributed by atoms with Crippen molar-refractivity contribution in [2.45, 2.75) is 52.7 Å². The first-order valence-corrected chi connectivity index (χ1v) is 8.65. The van der Waals surface area contributed by atoms with Crippen LogP contribution in [0.1, 0.15) is 51.9 Å². The van der Waals surface area contributed by atoms with Crippen LogP contribution in [0.4, 0.5) is 15.4 Å². The van der Waals surface area contributed by atoms with E-state index in [1.165, 1.54) is 19.2 Å². The number of amides is 1. The molecule has 0 aliphatic carbocycles. The van der Waals surface area contributed by atoms with E-state index in [4.69, 9.17) is 14.2 Å². The summed E-state index contributed by atoms with van der Waals surface area (Å²) in [4.78, 5) is 36.5. The van der Waals surface area contributed by atoms with Crippen molar-refractivity contribution in [3.63, 3.8) is 0 Å². The number of hydrogen-bond acceptors (Lipinski definition) is 7. The molecule has 152 valence electrons. The summed E-state index contributed by atoms with van der Waals surface area (Å²) in [5.41, 5.74) is -0.952. The Labute approximate surface area is 162 Å². The molecule has 0 aliphatic rings. The molecule has 0 fully saturated rings. The normalized spacial score (nSPS) is 11.8. The predicted octanol–water partition coefficient (Wildman–Crippen LogP) is 3.95. The minimum absolute atomic E-state index is 0.103.